The lowest BCUT2D eigenvalue weighted by Crippen LogP contribution is -2.41. The monoisotopic (exact) mass is 220 g/mol. The fourth-order valence-corrected chi connectivity index (χ4v) is 2.14. The standard InChI is InChI=1S/C12H20N4/c1-11(16-8-3-2-4-9-16)10-13-12-6-5-7-14-15-12/h5-7,11H,2-4,8-10H2,1H3,(H,13,15). The highest BCUT2D eigenvalue weighted by Crippen LogP contribution is 2.12. The van der Waals surface area contributed by atoms with Gasteiger partial charge in [0.2, 0.25) is 0 Å². The number of rotatable bonds is 4. The van der Waals surface area contributed by atoms with E-state index < -0.39 is 0 Å². The largest absolute Gasteiger partial charge is 0.367 e. The number of hydrogen-bond acceptors (Lipinski definition) is 4. The molecule has 0 bridgehead atoms. The van der Waals surface area contributed by atoms with Crippen LogP contribution in [0.2, 0.25) is 0 Å². The Morgan fingerprint density at radius 3 is 2.88 bits per heavy atom. The van der Waals surface area contributed by atoms with Gasteiger partial charge in [0.15, 0.2) is 0 Å². The maximum Gasteiger partial charge on any atom is 0.148 e. The zero-order valence-corrected chi connectivity index (χ0v) is 9.89. The van der Waals surface area contributed by atoms with Crippen molar-refractivity contribution in [3.8, 4) is 0 Å². The number of nitrogens with zero attached hydrogens (tertiary/aromatic N) is 3. The molecule has 1 aromatic rings. The molecular weight excluding hydrogens is 200 g/mol. The Hall–Kier alpha value is -1.16. The van der Waals surface area contributed by atoms with E-state index in [1.54, 1.807) is 6.20 Å². The van der Waals surface area contributed by atoms with E-state index in [4.69, 9.17) is 0 Å². The molecule has 88 valence electrons. The van der Waals surface area contributed by atoms with E-state index >= 15 is 0 Å². The van der Waals surface area contributed by atoms with Gasteiger partial charge in [-0.2, -0.15) is 5.10 Å². The second-order valence-electron chi connectivity index (χ2n) is 4.44. The van der Waals surface area contributed by atoms with E-state index in [0.717, 1.165) is 12.4 Å². The molecule has 1 fully saturated rings. The van der Waals surface area contributed by atoms with Crippen molar-refractivity contribution in [2.75, 3.05) is 25.0 Å². The summed E-state index contributed by atoms with van der Waals surface area (Å²) in [5.74, 6) is 0.867. The van der Waals surface area contributed by atoms with Crippen LogP contribution in [0.15, 0.2) is 18.3 Å². The van der Waals surface area contributed by atoms with Crippen LogP contribution in [0.5, 0.6) is 0 Å². The number of aromatic nitrogens is 2. The second kappa shape index (κ2) is 5.80. The number of likely N-dealkylation sites (tertiary alicyclic amines) is 1. The topological polar surface area (TPSA) is 41.1 Å². The van der Waals surface area contributed by atoms with Gasteiger partial charge < -0.3 is 5.32 Å². The van der Waals surface area contributed by atoms with Crippen molar-refractivity contribution >= 4 is 5.82 Å². The number of nitrogens with one attached hydrogen (secondary N) is 1. The third-order valence-corrected chi connectivity index (χ3v) is 3.16. The summed E-state index contributed by atoms with van der Waals surface area (Å²) in [6.07, 6.45) is 5.77. The summed E-state index contributed by atoms with van der Waals surface area (Å²) in [5.41, 5.74) is 0. The Morgan fingerprint density at radius 1 is 1.38 bits per heavy atom. The molecule has 16 heavy (non-hydrogen) atoms. The SMILES string of the molecule is CC(CNc1cccnn1)N1CCCCC1. The number of hydrogen-bond donors (Lipinski definition) is 1. The number of piperidine rings is 1. The molecule has 0 spiro atoms. The predicted molar refractivity (Wildman–Crippen MR) is 65.4 cm³/mol. The summed E-state index contributed by atoms with van der Waals surface area (Å²) in [6, 6.07) is 4.43. The van der Waals surface area contributed by atoms with Crippen LogP contribution in [0, 0.1) is 0 Å². The van der Waals surface area contributed by atoms with Crippen LogP contribution in [0.1, 0.15) is 26.2 Å². The van der Waals surface area contributed by atoms with Gasteiger partial charge in [0.25, 0.3) is 0 Å². The average Bonchev–Trinajstić information content (AvgIpc) is 2.38. The van der Waals surface area contributed by atoms with E-state index in [9.17, 15) is 0 Å². The molecule has 4 nitrogen and oxygen atoms in total. The van der Waals surface area contributed by atoms with E-state index in [2.05, 4.69) is 27.3 Å². The molecule has 2 rings (SSSR count). The maximum absolute atomic E-state index is 4.02. The zero-order valence-electron chi connectivity index (χ0n) is 9.89. The molecule has 0 radical (unpaired) electrons. The molecule has 1 aliphatic heterocycles. The van der Waals surface area contributed by atoms with Gasteiger partial charge >= 0.3 is 0 Å². The highest BCUT2D eigenvalue weighted by molar-refractivity contribution is 5.31. The molecule has 2 heterocycles. The minimum absolute atomic E-state index is 0.572. The molecule has 0 aliphatic carbocycles. The Morgan fingerprint density at radius 2 is 2.19 bits per heavy atom. The van der Waals surface area contributed by atoms with Crippen LogP contribution in [-0.2, 0) is 0 Å². The lowest BCUT2D eigenvalue weighted by Gasteiger charge is -2.32. The van der Waals surface area contributed by atoms with Gasteiger partial charge in [-0.05, 0) is 45.0 Å². The quantitative estimate of drug-likeness (QED) is 0.839. The van der Waals surface area contributed by atoms with Crippen molar-refractivity contribution in [3.63, 3.8) is 0 Å². The highest BCUT2D eigenvalue weighted by atomic mass is 15.2. The molecule has 1 atom stereocenters. The Labute approximate surface area is 97.1 Å². The molecule has 0 saturated carbocycles. The first-order valence-electron chi connectivity index (χ1n) is 6.12. The molecule has 4 heteroatoms. The molecule has 1 unspecified atom stereocenters. The van der Waals surface area contributed by atoms with Crippen LogP contribution in [0.25, 0.3) is 0 Å². The van der Waals surface area contributed by atoms with Crippen molar-refractivity contribution in [1.82, 2.24) is 15.1 Å². The lowest BCUT2D eigenvalue weighted by molar-refractivity contribution is 0.180. The summed E-state index contributed by atoms with van der Waals surface area (Å²) in [4.78, 5) is 2.55. The molecule has 0 aromatic carbocycles. The van der Waals surface area contributed by atoms with Crippen molar-refractivity contribution < 1.29 is 0 Å². The fourth-order valence-electron chi connectivity index (χ4n) is 2.14. The van der Waals surface area contributed by atoms with Gasteiger partial charge in [-0.1, -0.05) is 6.42 Å². The molecule has 1 saturated heterocycles. The summed E-state index contributed by atoms with van der Waals surface area (Å²) in [6.45, 7) is 5.69. The molecule has 1 aromatic heterocycles. The second-order valence-corrected chi connectivity index (χ2v) is 4.44. The van der Waals surface area contributed by atoms with Crippen molar-refractivity contribution in [2.24, 2.45) is 0 Å². The first kappa shape index (κ1) is 11.3. The Bertz CT molecular complexity index is 295. The van der Waals surface area contributed by atoms with E-state index in [-0.39, 0.29) is 0 Å². The van der Waals surface area contributed by atoms with Gasteiger partial charge in [0.05, 0.1) is 0 Å². The van der Waals surface area contributed by atoms with Crippen LogP contribution >= 0.6 is 0 Å². The summed E-state index contributed by atoms with van der Waals surface area (Å²) in [7, 11) is 0. The van der Waals surface area contributed by atoms with Crippen LogP contribution in [-0.4, -0.2) is 40.8 Å². The van der Waals surface area contributed by atoms with Gasteiger partial charge in [-0.15, -0.1) is 5.10 Å². The van der Waals surface area contributed by atoms with Gasteiger partial charge in [0.1, 0.15) is 5.82 Å². The van der Waals surface area contributed by atoms with E-state index in [0.29, 0.717) is 6.04 Å². The van der Waals surface area contributed by atoms with Crippen molar-refractivity contribution in [2.45, 2.75) is 32.2 Å². The van der Waals surface area contributed by atoms with Gasteiger partial charge in [0, 0.05) is 18.8 Å². The van der Waals surface area contributed by atoms with Crippen LogP contribution < -0.4 is 5.32 Å². The average molecular weight is 220 g/mol. The number of anilines is 1. The molecule has 0 amide bonds. The summed E-state index contributed by atoms with van der Waals surface area (Å²) < 4.78 is 0. The minimum Gasteiger partial charge on any atom is -0.367 e. The molecule has 1 N–H and O–H groups in total. The van der Waals surface area contributed by atoms with Crippen molar-refractivity contribution in [1.29, 1.82) is 0 Å². The first-order valence-corrected chi connectivity index (χ1v) is 6.12. The van der Waals surface area contributed by atoms with E-state index in [1.165, 1.54) is 32.4 Å². The molecular formula is C12H20N4. The van der Waals surface area contributed by atoms with Crippen LogP contribution in [0.4, 0.5) is 5.82 Å². The van der Waals surface area contributed by atoms with Gasteiger partial charge in [-0.25, -0.2) is 0 Å². The maximum atomic E-state index is 4.02. The zero-order chi connectivity index (χ0) is 11.2. The van der Waals surface area contributed by atoms with Crippen LogP contribution in [0.3, 0.4) is 0 Å². The normalized spacial score (nSPS) is 19.3. The fraction of sp³-hybridized carbons (Fsp3) is 0.667. The lowest BCUT2D eigenvalue weighted by atomic mass is 10.1. The predicted octanol–water partition coefficient (Wildman–Crippen LogP) is 1.76. The van der Waals surface area contributed by atoms with Gasteiger partial charge in [-0.3, -0.25) is 4.90 Å². The first-order chi connectivity index (χ1) is 7.86. The Kier molecular flexibility index (Phi) is 4.10. The van der Waals surface area contributed by atoms with E-state index in [1.807, 2.05) is 12.1 Å². The third-order valence-electron chi connectivity index (χ3n) is 3.16. The summed E-state index contributed by atoms with van der Waals surface area (Å²) >= 11 is 0. The smallest absolute Gasteiger partial charge is 0.148 e. The minimum atomic E-state index is 0.572. The van der Waals surface area contributed by atoms with Crippen molar-refractivity contribution in [3.05, 3.63) is 18.3 Å². The summed E-state index contributed by atoms with van der Waals surface area (Å²) in [5, 5.41) is 11.2. The molecule has 1 aliphatic rings. The Balaban J connectivity index is 1.76. The highest BCUT2D eigenvalue weighted by Gasteiger charge is 2.16. The third kappa shape index (κ3) is 3.17.